The summed E-state index contributed by atoms with van der Waals surface area (Å²) in [5.41, 5.74) is 0. The Bertz CT molecular complexity index is 221. The van der Waals surface area contributed by atoms with E-state index in [0.29, 0.717) is 0 Å². The predicted molar refractivity (Wildman–Crippen MR) is 65.7 cm³/mol. The van der Waals surface area contributed by atoms with Gasteiger partial charge in [-0.3, -0.25) is 4.79 Å². The highest BCUT2D eigenvalue weighted by atomic mass is 35.5. The molecule has 0 heterocycles. The van der Waals surface area contributed by atoms with Crippen molar-refractivity contribution in [1.82, 2.24) is 5.32 Å². The molecule has 2 unspecified atom stereocenters. The molecule has 1 N–H and O–H groups in total. The molecule has 1 amide bonds. The lowest BCUT2D eigenvalue weighted by molar-refractivity contribution is -0.127. The van der Waals surface area contributed by atoms with Crippen LogP contribution in [0.2, 0.25) is 0 Å². The molecule has 0 spiro atoms. The molecule has 94 valence electrons. The van der Waals surface area contributed by atoms with Gasteiger partial charge in [-0.25, -0.2) is 0 Å². The first kappa shape index (κ1) is 13.8. The van der Waals surface area contributed by atoms with Crippen molar-refractivity contribution in [2.45, 2.75) is 63.5 Å². The molecule has 3 nitrogen and oxygen atoms in total. The van der Waals surface area contributed by atoms with Crippen molar-refractivity contribution >= 4 is 17.5 Å². The van der Waals surface area contributed by atoms with E-state index in [4.69, 9.17) is 16.3 Å². The van der Waals surface area contributed by atoms with Crippen LogP contribution in [0, 0.1) is 0 Å². The molecule has 16 heavy (non-hydrogen) atoms. The van der Waals surface area contributed by atoms with Crippen molar-refractivity contribution in [3.8, 4) is 0 Å². The number of hydrogen-bond acceptors (Lipinski definition) is 2. The zero-order valence-corrected chi connectivity index (χ0v) is 10.9. The van der Waals surface area contributed by atoms with Crippen molar-refractivity contribution in [1.29, 1.82) is 0 Å². The highest BCUT2D eigenvalue weighted by Crippen LogP contribution is 2.22. The van der Waals surface area contributed by atoms with Gasteiger partial charge in [-0.2, -0.15) is 0 Å². The van der Waals surface area contributed by atoms with Crippen molar-refractivity contribution < 1.29 is 9.53 Å². The minimum Gasteiger partial charge on any atom is -0.369 e. The Kier molecular flexibility index (Phi) is 6.14. The summed E-state index contributed by atoms with van der Waals surface area (Å²) < 4.78 is 5.26. The number of amides is 1. The first-order valence-electron chi connectivity index (χ1n) is 6.14. The van der Waals surface area contributed by atoms with E-state index < -0.39 is 0 Å². The molecule has 1 aliphatic carbocycles. The molecule has 1 saturated carbocycles. The minimum absolute atomic E-state index is 0.0498. The number of hydrogen-bond donors (Lipinski definition) is 1. The van der Waals surface area contributed by atoms with Gasteiger partial charge >= 0.3 is 0 Å². The van der Waals surface area contributed by atoms with Crippen LogP contribution >= 0.6 is 11.6 Å². The van der Waals surface area contributed by atoms with Crippen LogP contribution in [0.1, 0.15) is 46.0 Å². The topological polar surface area (TPSA) is 38.3 Å². The summed E-state index contributed by atoms with van der Waals surface area (Å²) in [7, 11) is 0. The van der Waals surface area contributed by atoms with Gasteiger partial charge in [0.2, 0.25) is 5.91 Å². The summed E-state index contributed by atoms with van der Waals surface area (Å²) in [5.74, 6) is -0.0498. The first-order valence-corrected chi connectivity index (χ1v) is 6.58. The van der Waals surface area contributed by atoms with Gasteiger partial charge in [-0.15, -0.1) is 11.6 Å². The van der Waals surface area contributed by atoms with E-state index in [1.54, 1.807) is 0 Å². The molecule has 0 aromatic rings. The largest absolute Gasteiger partial charge is 0.369 e. The Labute approximate surface area is 103 Å². The molecule has 0 aliphatic heterocycles. The third kappa shape index (κ3) is 5.17. The summed E-state index contributed by atoms with van der Waals surface area (Å²) in [6, 6.07) is 0.118. The van der Waals surface area contributed by atoms with Crippen LogP contribution in [0.4, 0.5) is 0 Å². The van der Waals surface area contributed by atoms with E-state index in [1.165, 1.54) is 12.8 Å². The molecule has 4 heteroatoms. The maximum atomic E-state index is 11.6. The third-order valence-corrected chi connectivity index (χ3v) is 3.35. The lowest BCUT2D eigenvalue weighted by Gasteiger charge is -2.21. The maximum Gasteiger partial charge on any atom is 0.246 e. The van der Waals surface area contributed by atoms with Crippen molar-refractivity contribution in [2.24, 2.45) is 0 Å². The molecule has 0 aromatic heterocycles. The zero-order valence-electron chi connectivity index (χ0n) is 10.2. The average Bonchev–Trinajstić information content (AvgIpc) is 2.42. The van der Waals surface area contributed by atoms with Gasteiger partial charge in [0, 0.05) is 6.04 Å². The number of halogens is 1. The Morgan fingerprint density at radius 3 is 2.75 bits per heavy atom. The van der Waals surface area contributed by atoms with Crippen LogP contribution in [-0.2, 0) is 9.53 Å². The van der Waals surface area contributed by atoms with Crippen LogP contribution in [-0.4, -0.2) is 30.0 Å². The summed E-state index contributed by atoms with van der Waals surface area (Å²) in [5, 5.41) is 3.04. The summed E-state index contributed by atoms with van der Waals surface area (Å²) in [4.78, 5) is 11.6. The van der Waals surface area contributed by atoms with Crippen LogP contribution < -0.4 is 5.32 Å². The molecule has 1 rings (SSSR count). The average molecular weight is 248 g/mol. The Morgan fingerprint density at radius 1 is 1.38 bits per heavy atom. The van der Waals surface area contributed by atoms with E-state index >= 15 is 0 Å². The molecule has 1 fully saturated rings. The van der Waals surface area contributed by atoms with Gasteiger partial charge in [-0.05, 0) is 26.7 Å². The highest BCUT2D eigenvalue weighted by molar-refractivity contribution is 6.21. The molecule has 0 aromatic carbocycles. The molecule has 0 saturated heterocycles. The van der Waals surface area contributed by atoms with Gasteiger partial charge in [-0.1, -0.05) is 19.3 Å². The number of ether oxygens (including phenoxy) is 1. The van der Waals surface area contributed by atoms with Crippen LogP contribution in [0.25, 0.3) is 0 Å². The van der Waals surface area contributed by atoms with Gasteiger partial charge in [0.25, 0.3) is 0 Å². The lowest BCUT2D eigenvalue weighted by atomic mass is 10.1. The van der Waals surface area contributed by atoms with Crippen molar-refractivity contribution in [3.63, 3.8) is 0 Å². The lowest BCUT2D eigenvalue weighted by Crippen LogP contribution is -2.42. The third-order valence-electron chi connectivity index (χ3n) is 2.83. The van der Waals surface area contributed by atoms with E-state index in [-0.39, 0.29) is 30.0 Å². The fraction of sp³-hybridized carbons (Fsp3) is 0.917. The molecule has 2 atom stereocenters. The normalized spacial score (nSPS) is 26.5. The summed E-state index contributed by atoms with van der Waals surface area (Å²) in [6.45, 7) is 3.98. The number of nitrogens with one attached hydrogen (secondary N) is 1. The first-order chi connectivity index (χ1) is 7.59. The fourth-order valence-electron chi connectivity index (χ4n) is 1.92. The van der Waals surface area contributed by atoms with E-state index in [9.17, 15) is 4.79 Å². The van der Waals surface area contributed by atoms with Gasteiger partial charge < -0.3 is 10.1 Å². The SMILES string of the molecule is CC(C)OCC(=O)NC1CCCCCC1Cl. The molecule has 0 radical (unpaired) electrons. The standard InChI is InChI=1S/C12H22ClNO2/c1-9(2)16-8-12(15)14-11-7-5-3-4-6-10(11)13/h9-11H,3-8H2,1-2H3,(H,14,15). The number of carbonyl (C=O) groups excluding carboxylic acids is 1. The summed E-state index contributed by atoms with van der Waals surface area (Å²) >= 11 is 6.24. The molecular weight excluding hydrogens is 226 g/mol. The highest BCUT2D eigenvalue weighted by Gasteiger charge is 2.23. The number of alkyl halides is 1. The van der Waals surface area contributed by atoms with Crippen molar-refractivity contribution in [3.05, 3.63) is 0 Å². The minimum atomic E-state index is -0.0498. The van der Waals surface area contributed by atoms with Crippen LogP contribution in [0.3, 0.4) is 0 Å². The van der Waals surface area contributed by atoms with Gasteiger partial charge in [0.15, 0.2) is 0 Å². The van der Waals surface area contributed by atoms with Crippen LogP contribution in [0.15, 0.2) is 0 Å². The van der Waals surface area contributed by atoms with E-state index in [0.717, 1.165) is 19.3 Å². The van der Waals surface area contributed by atoms with Gasteiger partial charge in [0.05, 0.1) is 11.5 Å². The quantitative estimate of drug-likeness (QED) is 0.612. The Morgan fingerprint density at radius 2 is 2.06 bits per heavy atom. The molecule has 0 bridgehead atoms. The molecule has 1 aliphatic rings. The van der Waals surface area contributed by atoms with Gasteiger partial charge in [0.1, 0.15) is 6.61 Å². The number of rotatable bonds is 4. The second-order valence-corrected chi connectivity index (χ2v) is 5.25. The predicted octanol–water partition coefficient (Wildman–Crippen LogP) is 2.47. The Hall–Kier alpha value is -0.280. The zero-order chi connectivity index (χ0) is 12.0. The maximum absolute atomic E-state index is 11.6. The monoisotopic (exact) mass is 247 g/mol. The summed E-state index contributed by atoms with van der Waals surface area (Å²) in [6.07, 6.45) is 5.62. The smallest absolute Gasteiger partial charge is 0.246 e. The van der Waals surface area contributed by atoms with Crippen LogP contribution in [0.5, 0.6) is 0 Å². The number of carbonyl (C=O) groups is 1. The molecular formula is C12H22ClNO2. The second kappa shape index (κ2) is 7.13. The second-order valence-electron chi connectivity index (χ2n) is 4.69. The van der Waals surface area contributed by atoms with Crippen molar-refractivity contribution in [2.75, 3.05) is 6.61 Å². The van der Waals surface area contributed by atoms with E-state index in [2.05, 4.69) is 5.32 Å². The van der Waals surface area contributed by atoms with E-state index in [1.807, 2.05) is 13.8 Å². The fourth-order valence-corrected chi connectivity index (χ4v) is 2.26. The Balaban J connectivity index is 2.30.